The Morgan fingerprint density at radius 3 is 3.04 bits per heavy atom. The normalized spacial score (nSPS) is 20.3. The first-order chi connectivity index (χ1) is 12.1. The third-order valence-electron chi connectivity index (χ3n) is 4.69. The zero-order chi connectivity index (χ0) is 17.4. The van der Waals surface area contributed by atoms with Gasteiger partial charge in [-0.1, -0.05) is 18.2 Å². The number of halogens is 1. The zero-order valence-corrected chi connectivity index (χ0v) is 13.5. The maximum atomic E-state index is 13.5. The fraction of sp³-hybridized carbons (Fsp3) is 0.263. The molecular formula is C19H18FN3O2. The molecule has 0 radical (unpaired) electrons. The number of nitrogens with one attached hydrogen (secondary N) is 1. The van der Waals surface area contributed by atoms with Crippen LogP contribution in [0.25, 0.3) is 10.9 Å². The van der Waals surface area contributed by atoms with Gasteiger partial charge in [-0.2, -0.15) is 5.10 Å². The van der Waals surface area contributed by atoms with Crippen LogP contribution < -0.4 is 0 Å². The van der Waals surface area contributed by atoms with Gasteiger partial charge >= 0.3 is 0 Å². The van der Waals surface area contributed by atoms with Gasteiger partial charge in [-0.3, -0.25) is 9.89 Å². The Bertz CT molecular complexity index is 924. The van der Waals surface area contributed by atoms with Crippen LogP contribution in [0.5, 0.6) is 0 Å². The van der Waals surface area contributed by atoms with E-state index in [0.29, 0.717) is 6.42 Å². The zero-order valence-electron chi connectivity index (χ0n) is 13.5. The molecule has 1 aliphatic heterocycles. The van der Waals surface area contributed by atoms with Crippen LogP contribution in [0.4, 0.5) is 4.39 Å². The maximum Gasteiger partial charge on any atom is 0.227 e. The molecule has 0 unspecified atom stereocenters. The quantitative estimate of drug-likeness (QED) is 0.771. The Kier molecular flexibility index (Phi) is 3.97. The van der Waals surface area contributed by atoms with Crippen LogP contribution in [0.1, 0.15) is 23.6 Å². The summed E-state index contributed by atoms with van der Waals surface area (Å²) in [6.07, 6.45) is 1.79. The lowest BCUT2D eigenvalue weighted by Gasteiger charge is -2.25. The number of likely N-dealkylation sites (tertiary alicyclic amines) is 1. The second kappa shape index (κ2) is 6.29. The predicted molar refractivity (Wildman–Crippen MR) is 91.3 cm³/mol. The van der Waals surface area contributed by atoms with Crippen molar-refractivity contribution in [1.82, 2.24) is 15.1 Å². The highest BCUT2D eigenvalue weighted by Crippen LogP contribution is 2.33. The second-order valence-electron chi connectivity index (χ2n) is 6.47. The van der Waals surface area contributed by atoms with E-state index in [-0.39, 0.29) is 30.7 Å². The summed E-state index contributed by atoms with van der Waals surface area (Å²) in [7, 11) is 0. The number of hydrogen-bond acceptors (Lipinski definition) is 3. The molecule has 2 N–H and O–H groups in total. The average molecular weight is 339 g/mol. The SMILES string of the molecule is O=C(Cc1ccc2[nH]ncc2c1)N1C[C@@H](O)C[C@@H]1c1cccc(F)c1. The topological polar surface area (TPSA) is 69.2 Å². The van der Waals surface area contributed by atoms with Crippen molar-refractivity contribution < 1.29 is 14.3 Å². The van der Waals surface area contributed by atoms with Gasteiger partial charge in [-0.25, -0.2) is 4.39 Å². The summed E-state index contributed by atoms with van der Waals surface area (Å²) in [5.41, 5.74) is 2.53. The summed E-state index contributed by atoms with van der Waals surface area (Å²) >= 11 is 0. The largest absolute Gasteiger partial charge is 0.391 e. The molecule has 3 aromatic rings. The van der Waals surface area contributed by atoms with Gasteiger partial charge in [0, 0.05) is 11.9 Å². The van der Waals surface area contributed by atoms with Gasteiger partial charge in [0.25, 0.3) is 0 Å². The molecule has 0 spiro atoms. The number of aliphatic hydroxyl groups is 1. The minimum Gasteiger partial charge on any atom is -0.391 e. The average Bonchev–Trinajstić information content (AvgIpc) is 3.20. The van der Waals surface area contributed by atoms with Gasteiger partial charge in [0.2, 0.25) is 5.91 Å². The number of fused-ring (bicyclic) bond motifs is 1. The minimum atomic E-state index is -0.589. The number of aliphatic hydroxyl groups excluding tert-OH is 1. The summed E-state index contributed by atoms with van der Waals surface area (Å²) < 4.78 is 13.5. The molecule has 1 saturated heterocycles. The number of aromatic amines is 1. The molecule has 0 saturated carbocycles. The van der Waals surface area contributed by atoms with E-state index in [1.54, 1.807) is 23.2 Å². The molecule has 4 rings (SSSR count). The number of H-pyrrole nitrogens is 1. The number of carbonyl (C=O) groups is 1. The minimum absolute atomic E-state index is 0.0753. The smallest absolute Gasteiger partial charge is 0.227 e. The van der Waals surface area contributed by atoms with Gasteiger partial charge in [-0.05, 0) is 41.8 Å². The number of benzene rings is 2. The highest BCUT2D eigenvalue weighted by atomic mass is 19.1. The predicted octanol–water partition coefficient (Wildman–Crippen LogP) is 2.58. The van der Waals surface area contributed by atoms with Crippen molar-refractivity contribution in [2.75, 3.05) is 6.54 Å². The number of aromatic nitrogens is 2. The molecule has 2 atom stereocenters. The van der Waals surface area contributed by atoms with Crippen molar-refractivity contribution in [3.63, 3.8) is 0 Å². The number of β-amino-alcohol motifs (C(OH)–C–C–N with tert-alkyl or cyclic N) is 1. The van der Waals surface area contributed by atoms with E-state index < -0.39 is 6.10 Å². The molecule has 2 heterocycles. The lowest BCUT2D eigenvalue weighted by atomic mass is 10.0. The number of nitrogens with zero attached hydrogens (tertiary/aromatic N) is 2. The Morgan fingerprint density at radius 1 is 1.32 bits per heavy atom. The fourth-order valence-electron chi connectivity index (χ4n) is 3.50. The molecule has 2 aromatic carbocycles. The molecule has 1 fully saturated rings. The molecule has 1 amide bonds. The van der Waals surface area contributed by atoms with E-state index in [9.17, 15) is 14.3 Å². The van der Waals surface area contributed by atoms with Crippen LogP contribution in [0, 0.1) is 5.82 Å². The molecular weight excluding hydrogens is 321 g/mol. The third-order valence-corrected chi connectivity index (χ3v) is 4.69. The Balaban J connectivity index is 1.56. The van der Waals surface area contributed by atoms with Crippen LogP contribution in [0.3, 0.4) is 0 Å². The second-order valence-corrected chi connectivity index (χ2v) is 6.47. The van der Waals surface area contributed by atoms with E-state index in [1.165, 1.54) is 12.1 Å². The Morgan fingerprint density at radius 2 is 2.20 bits per heavy atom. The number of carbonyl (C=O) groups excluding carboxylic acids is 1. The first-order valence-corrected chi connectivity index (χ1v) is 8.25. The van der Waals surface area contributed by atoms with Gasteiger partial charge in [0.15, 0.2) is 0 Å². The van der Waals surface area contributed by atoms with Crippen molar-refractivity contribution in [1.29, 1.82) is 0 Å². The molecule has 5 nitrogen and oxygen atoms in total. The van der Waals surface area contributed by atoms with Crippen molar-refractivity contribution >= 4 is 16.8 Å². The molecule has 0 bridgehead atoms. The van der Waals surface area contributed by atoms with Crippen molar-refractivity contribution in [2.24, 2.45) is 0 Å². The van der Waals surface area contributed by atoms with E-state index in [2.05, 4.69) is 10.2 Å². The monoisotopic (exact) mass is 339 g/mol. The van der Waals surface area contributed by atoms with Gasteiger partial charge in [0.1, 0.15) is 5.82 Å². The molecule has 25 heavy (non-hydrogen) atoms. The summed E-state index contributed by atoms with van der Waals surface area (Å²) in [6.45, 7) is 0.272. The lowest BCUT2D eigenvalue weighted by molar-refractivity contribution is -0.131. The third kappa shape index (κ3) is 3.13. The number of hydrogen-bond donors (Lipinski definition) is 2. The Hall–Kier alpha value is -2.73. The summed E-state index contributed by atoms with van der Waals surface area (Å²) in [5, 5.41) is 17.8. The fourth-order valence-corrected chi connectivity index (χ4v) is 3.50. The summed E-state index contributed by atoms with van der Waals surface area (Å²) in [5.74, 6) is -0.412. The molecule has 1 aromatic heterocycles. The number of amides is 1. The summed E-state index contributed by atoms with van der Waals surface area (Å²) in [6, 6.07) is 11.7. The van der Waals surface area contributed by atoms with Crippen molar-refractivity contribution in [3.8, 4) is 0 Å². The lowest BCUT2D eigenvalue weighted by Crippen LogP contribution is -2.33. The summed E-state index contributed by atoms with van der Waals surface area (Å²) in [4.78, 5) is 14.5. The van der Waals surface area contributed by atoms with E-state index in [1.807, 2.05) is 18.2 Å². The van der Waals surface area contributed by atoms with E-state index in [4.69, 9.17) is 0 Å². The van der Waals surface area contributed by atoms with Crippen LogP contribution in [-0.2, 0) is 11.2 Å². The standard InChI is InChI=1S/C19H18FN3O2/c20-15-3-1-2-13(8-15)18-9-16(24)11-23(18)19(25)7-12-4-5-17-14(6-12)10-21-22-17/h1-6,8,10,16,18,24H,7,9,11H2,(H,21,22)/t16-,18+/m0/s1. The molecule has 1 aliphatic rings. The molecule has 0 aliphatic carbocycles. The molecule has 6 heteroatoms. The van der Waals surface area contributed by atoms with Crippen LogP contribution in [0.2, 0.25) is 0 Å². The number of rotatable bonds is 3. The van der Waals surface area contributed by atoms with Gasteiger partial charge in [-0.15, -0.1) is 0 Å². The highest BCUT2D eigenvalue weighted by Gasteiger charge is 2.35. The van der Waals surface area contributed by atoms with Crippen LogP contribution >= 0.6 is 0 Å². The maximum absolute atomic E-state index is 13.5. The van der Waals surface area contributed by atoms with Crippen molar-refractivity contribution in [2.45, 2.75) is 25.0 Å². The van der Waals surface area contributed by atoms with Gasteiger partial charge in [0.05, 0.1) is 30.3 Å². The Labute approximate surface area is 144 Å². The molecule has 128 valence electrons. The first kappa shape index (κ1) is 15.8. The van der Waals surface area contributed by atoms with Crippen molar-refractivity contribution in [3.05, 3.63) is 65.6 Å². The first-order valence-electron chi connectivity index (χ1n) is 8.25. The highest BCUT2D eigenvalue weighted by molar-refractivity contribution is 5.83. The van der Waals surface area contributed by atoms with E-state index >= 15 is 0 Å². The van der Waals surface area contributed by atoms with Gasteiger partial charge < -0.3 is 10.0 Å². The van der Waals surface area contributed by atoms with E-state index in [0.717, 1.165) is 22.0 Å². The van der Waals surface area contributed by atoms with Crippen LogP contribution in [-0.4, -0.2) is 38.8 Å². The van der Waals surface area contributed by atoms with Crippen LogP contribution in [0.15, 0.2) is 48.7 Å².